The van der Waals surface area contributed by atoms with Gasteiger partial charge in [0.1, 0.15) is 5.82 Å². The number of sulfonamides is 1. The molecule has 0 unspecified atom stereocenters. The minimum atomic E-state index is -3.84. The molecule has 0 bridgehead atoms. The van der Waals surface area contributed by atoms with E-state index >= 15 is 0 Å². The van der Waals surface area contributed by atoms with Gasteiger partial charge in [0.15, 0.2) is 5.75 Å². The van der Waals surface area contributed by atoms with Gasteiger partial charge in [-0.2, -0.15) is 0 Å². The highest BCUT2D eigenvalue weighted by Gasteiger charge is 2.18. The molecule has 0 saturated heterocycles. The van der Waals surface area contributed by atoms with Gasteiger partial charge >= 0.3 is 5.97 Å². The highest BCUT2D eigenvalue weighted by molar-refractivity contribution is 14.1. The van der Waals surface area contributed by atoms with Crippen LogP contribution in [0.4, 0.5) is 10.1 Å². The Morgan fingerprint density at radius 2 is 2.17 bits per heavy atom. The second kappa shape index (κ2) is 6.32. The van der Waals surface area contributed by atoms with E-state index in [0.29, 0.717) is 3.57 Å². The Balaban J connectivity index is 2.79. The highest BCUT2D eigenvalue weighted by Crippen LogP contribution is 2.20. The van der Waals surface area contributed by atoms with Gasteiger partial charge in [-0.25, -0.2) is 12.8 Å². The number of anilines is 1. The van der Waals surface area contributed by atoms with Crippen LogP contribution in [-0.2, 0) is 19.6 Å². The molecular weight excluding hydrogens is 376 g/mol. The van der Waals surface area contributed by atoms with Crippen LogP contribution in [0, 0.1) is 9.39 Å². The van der Waals surface area contributed by atoms with Gasteiger partial charge in [-0.15, -0.1) is 0 Å². The van der Waals surface area contributed by atoms with Gasteiger partial charge in [-0.3, -0.25) is 9.52 Å². The number of carbonyl (C=O) groups excluding carboxylic acids is 1. The summed E-state index contributed by atoms with van der Waals surface area (Å²) in [4.78, 5) is 11.1. The van der Waals surface area contributed by atoms with Crippen molar-refractivity contribution in [2.75, 3.05) is 17.1 Å². The molecule has 0 radical (unpaired) electrons. The molecule has 0 atom stereocenters. The first kappa shape index (κ1) is 15.2. The van der Waals surface area contributed by atoms with E-state index in [0.717, 1.165) is 6.07 Å². The van der Waals surface area contributed by atoms with Gasteiger partial charge in [0.05, 0.1) is 12.3 Å². The molecule has 8 heteroatoms. The molecule has 0 amide bonds. The lowest BCUT2D eigenvalue weighted by molar-refractivity contribution is -0.139. The van der Waals surface area contributed by atoms with E-state index in [-0.39, 0.29) is 12.3 Å². The Labute approximate surface area is 118 Å². The molecule has 0 aliphatic carbocycles. The molecule has 1 aromatic rings. The van der Waals surface area contributed by atoms with Crippen LogP contribution in [0.15, 0.2) is 18.2 Å². The summed E-state index contributed by atoms with van der Waals surface area (Å²) >= 11 is 1.79. The SMILES string of the molecule is CCOC(=O)CS(=O)(=O)Nc1ccc(F)cc1I. The number of hydrogen-bond acceptors (Lipinski definition) is 4. The minimum absolute atomic E-state index is 0.114. The van der Waals surface area contributed by atoms with Gasteiger partial charge < -0.3 is 4.74 Å². The van der Waals surface area contributed by atoms with Crippen molar-refractivity contribution in [1.29, 1.82) is 0 Å². The molecule has 0 saturated carbocycles. The zero-order chi connectivity index (χ0) is 13.8. The second-order valence-electron chi connectivity index (χ2n) is 3.29. The van der Waals surface area contributed by atoms with Crippen LogP contribution in [0.5, 0.6) is 0 Å². The smallest absolute Gasteiger partial charge is 0.323 e. The van der Waals surface area contributed by atoms with E-state index in [4.69, 9.17) is 0 Å². The minimum Gasteiger partial charge on any atom is -0.465 e. The standard InChI is InChI=1S/C10H11FINO4S/c1-2-17-10(14)6-18(15,16)13-9-4-3-7(11)5-8(9)12/h3-5,13H,2,6H2,1H3. The predicted molar refractivity (Wildman–Crippen MR) is 73.2 cm³/mol. The van der Waals surface area contributed by atoms with E-state index in [9.17, 15) is 17.6 Å². The summed E-state index contributed by atoms with van der Waals surface area (Å²) in [5.41, 5.74) is 0.223. The Morgan fingerprint density at radius 3 is 2.72 bits per heavy atom. The number of hydrogen-bond donors (Lipinski definition) is 1. The molecule has 0 aliphatic rings. The van der Waals surface area contributed by atoms with Gasteiger partial charge in [0.2, 0.25) is 10.0 Å². The molecule has 0 spiro atoms. The maximum Gasteiger partial charge on any atom is 0.323 e. The fraction of sp³-hybridized carbons (Fsp3) is 0.300. The highest BCUT2D eigenvalue weighted by atomic mass is 127. The van der Waals surface area contributed by atoms with Crippen molar-refractivity contribution in [1.82, 2.24) is 0 Å². The molecule has 100 valence electrons. The first-order valence-electron chi connectivity index (χ1n) is 4.95. The Hall–Kier alpha value is -0.900. The summed E-state index contributed by atoms with van der Waals surface area (Å²) in [5, 5.41) is 0. The molecular formula is C10H11FINO4S. The zero-order valence-electron chi connectivity index (χ0n) is 9.44. The lowest BCUT2D eigenvalue weighted by Gasteiger charge is -2.09. The van der Waals surface area contributed by atoms with Crippen LogP contribution in [0.2, 0.25) is 0 Å². The molecule has 1 N–H and O–H groups in total. The normalized spacial score (nSPS) is 11.1. The van der Waals surface area contributed by atoms with E-state index in [1.54, 1.807) is 29.5 Å². The van der Waals surface area contributed by atoms with E-state index < -0.39 is 27.6 Å². The first-order valence-corrected chi connectivity index (χ1v) is 7.68. The van der Waals surface area contributed by atoms with Crippen molar-refractivity contribution < 1.29 is 22.3 Å². The predicted octanol–water partition coefficient (Wildman–Crippen LogP) is 1.74. The van der Waals surface area contributed by atoms with Gasteiger partial charge in [-0.05, 0) is 47.7 Å². The van der Waals surface area contributed by atoms with E-state index in [2.05, 4.69) is 9.46 Å². The summed E-state index contributed by atoms with van der Waals surface area (Å²) in [6, 6.07) is 3.60. The third-order valence-electron chi connectivity index (χ3n) is 1.81. The van der Waals surface area contributed by atoms with Crippen molar-refractivity contribution in [2.45, 2.75) is 6.92 Å². The summed E-state index contributed by atoms with van der Waals surface area (Å²) in [6.45, 7) is 1.70. The maximum atomic E-state index is 12.8. The Kier molecular flexibility index (Phi) is 5.32. The number of esters is 1. The lowest BCUT2D eigenvalue weighted by Crippen LogP contribution is -2.24. The van der Waals surface area contributed by atoms with Crippen LogP contribution in [0.3, 0.4) is 0 Å². The number of halogens is 2. The molecule has 0 fully saturated rings. The van der Waals surface area contributed by atoms with E-state index in [1.807, 2.05) is 0 Å². The van der Waals surface area contributed by atoms with Crippen LogP contribution in [0.1, 0.15) is 6.92 Å². The monoisotopic (exact) mass is 387 g/mol. The van der Waals surface area contributed by atoms with Gasteiger partial charge in [-0.1, -0.05) is 0 Å². The zero-order valence-corrected chi connectivity index (χ0v) is 12.4. The number of nitrogens with one attached hydrogen (secondary N) is 1. The second-order valence-corrected chi connectivity index (χ2v) is 6.17. The molecule has 5 nitrogen and oxygen atoms in total. The summed E-state index contributed by atoms with van der Waals surface area (Å²) < 4.78 is 43.2. The largest absolute Gasteiger partial charge is 0.465 e. The third kappa shape index (κ3) is 4.77. The van der Waals surface area contributed by atoms with Crippen LogP contribution in [0.25, 0.3) is 0 Å². The van der Waals surface area contributed by atoms with Gasteiger partial charge in [0, 0.05) is 3.57 Å². The van der Waals surface area contributed by atoms with Crippen molar-refractivity contribution in [2.24, 2.45) is 0 Å². The Bertz CT molecular complexity index is 547. The summed E-state index contributed by atoms with van der Waals surface area (Å²) in [5.74, 6) is -2.07. The van der Waals surface area contributed by atoms with Crippen molar-refractivity contribution in [3.05, 3.63) is 27.6 Å². The average Bonchev–Trinajstić information content (AvgIpc) is 2.21. The van der Waals surface area contributed by atoms with Crippen molar-refractivity contribution >= 4 is 44.3 Å². The van der Waals surface area contributed by atoms with Crippen LogP contribution in [-0.4, -0.2) is 26.7 Å². The maximum absolute atomic E-state index is 12.8. The van der Waals surface area contributed by atoms with Crippen molar-refractivity contribution in [3.63, 3.8) is 0 Å². The topological polar surface area (TPSA) is 72.5 Å². The summed E-state index contributed by atoms with van der Waals surface area (Å²) in [6.07, 6.45) is 0. The Morgan fingerprint density at radius 1 is 1.50 bits per heavy atom. The number of ether oxygens (including phenoxy) is 1. The molecule has 18 heavy (non-hydrogen) atoms. The quantitative estimate of drug-likeness (QED) is 0.617. The molecule has 0 heterocycles. The number of benzene rings is 1. The van der Waals surface area contributed by atoms with Crippen molar-refractivity contribution in [3.8, 4) is 0 Å². The first-order chi connectivity index (χ1) is 8.34. The average molecular weight is 387 g/mol. The van der Waals surface area contributed by atoms with Crippen LogP contribution < -0.4 is 4.72 Å². The molecule has 1 aromatic carbocycles. The molecule has 0 aliphatic heterocycles. The van der Waals surface area contributed by atoms with Gasteiger partial charge in [0.25, 0.3) is 0 Å². The third-order valence-corrected chi connectivity index (χ3v) is 3.85. The lowest BCUT2D eigenvalue weighted by atomic mass is 10.3. The molecule has 0 aromatic heterocycles. The molecule has 1 rings (SSSR count). The number of rotatable bonds is 5. The summed E-state index contributed by atoms with van der Waals surface area (Å²) in [7, 11) is -3.84. The van der Waals surface area contributed by atoms with E-state index in [1.165, 1.54) is 12.1 Å². The number of carbonyl (C=O) groups is 1. The van der Waals surface area contributed by atoms with Crippen LogP contribution >= 0.6 is 22.6 Å². The fourth-order valence-corrected chi connectivity index (χ4v) is 2.91. The fourth-order valence-electron chi connectivity index (χ4n) is 1.13.